The third kappa shape index (κ3) is 3.21. The molecule has 25 heavy (non-hydrogen) atoms. The van der Waals surface area contributed by atoms with Gasteiger partial charge in [0, 0.05) is 25.5 Å². The Bertz CT molecular complexity index is 777. The molecule has 0 radical (unpaired) electrons. The van der Waals surface area contributed by atoms with Crippen LogP contribution >= 0.6 is 0 Å². The van der Waals surface area contributed by atoms with Crippen LogP contribution < -0.4 is 4.90 Å². The van der Waals surface area contributed by atoms with Gasteiger partial charge in [-0.3, -0.25) is 4.79 Å². The topological polar surface area (TPSA) is 23.6 Å². The summed E-state index contributed by atoms with van der Waals surface area (Å²) in [7, 11) is 1.17. The summed E-state index contributed by atoms with van der Waals surface area (Å²) in [4.78, 5) is 14.4. The zero-order valence-corrected chi connectivity index (χ0v) is 13.9. The molecular weight excluding hydrogens is 329 g/mol. The Labute approximate surface area is 144 Å². The molecule has 6 heteroatoms. The predicted molar refractivity (Wildman–Crippen MR) is 90.9 cm³/mol. The van der Waals surface area contributed by atoms with E-state index in [9.17, 15) is 18.0 Å². The van der Waals surface area contributed by atoms with E-state index < -0.39 is 12.1 Å². The third-order valence-corrected chi connectivity index (χ3v) is 4.64. The number of nitrogens with zero attached hydrogens (tertiary/aromatic N) is 2. The maximum Gasteiger partial charge on any atom is 0.471 e. The van der Waals surface area contributed by atoms with Gasteiger partial charge >= 0.3 is 12.1 Å². The van der Waals surface area contributed by atoms with Gasteiger partial charge in [-0.15, -0.1) is 0 Å². The Balaban J connectivity index is 1.95. The van der Waals surface area contributed by atoms with Crippen molar-refractivity contribution in [3.63, 3.8) is 0 Å². The van der Waals surface area contributed by atoms with E-state index in [1.807, 2.05) is 35.4 Å². The molecule has 1 aromatic carbocycles. The van der Waals surface area contributed by atoms with Gasteiger partial charge in [0.15, 0.2) is 0 Å². The lowest BCUT2D eigenvalue weighted by molar-refractivity contribution is -0.181. The highest BCUT2D eigenvalue weighted by Gasteiger charge is 2.43. The standard InChI is InChI=1S/C19H19F3N2O/c1-3-13-8-9-15(17(13)23(2)18(25)19(20,21)22)12-24-11-10-14-6-4-5-7-16(14)24/h3-7,12H,1,8-11H2,2H3/b15-12+. The van der Waals surface area contributed by atoms with E-state index in [-0.39, 0.29) is 0 Å². The van der Waals surface area contributed by atoms with Crippen LogP contribution in [0, 0.1) is 0 Å². The molecule has 3 rings (SSSR count). The molecule has 0 saturated heterocycles. The van der Waals surface area contributed by atoms with Gasteiger partial charge in [-0.2, -0.15) is 13.2 Å². The highest BCUT2D eigenvalue weighted by molar-refractivity contribution is 5.84. The number of halogens is 3. The molecule has 1 aromatic rings. The van der Waals surface area contributed by atoms with E-state index in [1.165, 1.54) is 18.7 Å². The molecule has 0 saturated carbocycles. The molecule has 1 aliphatic carbocycles. The van der Waals surface area contributed by atoms with Crippen molar-refractivity contribution in [1.82, 2.24) is 4.90 Å². The molecule has 1 amide bonds. The quantitative estimate of drug-likeness (QED) is 0.818. The molecule has 0 unspecified atom stereocenters. The minimum Gasteiger partial charge on any atom is -0.347 e. The Morgan fingerprint density at radius 1 is 1.24 bits per heavy atom. The van der Waals surface area contributed by atoms with Crippen molar-refractivity contribution in [2.45, 2.75) is 25.4 Å². The summed E-state index contributed by atoms with van der Waals surface area (Å²) in [6, 6.07) is 7.96. The van der Waals surface area contributed by atoms with Gasteiger partial charge in [0.05, 0.1) is 5.70 Å². The number of allylic oxidation sites excluding steroid dienone is 3. The number of amides is 1. The maximum atomic E-state index is 12.8. The fraction of sp³-hybridized carbons (Fsp3) is 0.316. The lowest BCUT2D eigenvalue weighted by atomic mass is 10.1. The molecule has 0 atom stereocenters. The summed E-state index contributed by atoms with van der Waals surface area (Å²) >= 11 is 0. The largest absolute Gasteiger partial charge is 0.471 e. The number of carbonyl (C=O) groups is 1. The number of benzene rings is 1. The number of likely N-dealkylation sites (N-methyl/N-ethyl adjacent to an activating group) is 1. The molecule has 0 aromatic heterocycles. The molecule has 132 valence electrons. The van der Waals surface area contributed by atoms with Gasteiger partial charge in [0.1, 0.15) is 0 Å². The normalized spacial score (nSPS) is 18.7. The monoisotopic (exact) mass is 348 g/mol. The van der Waals surface area contributed by atoms with E-state index >= 15 is 0 Å². The summed E-state index contributed by atoms with van der Waals surface area (Å²) in [6.07, 6.45) is 0.569. The summed E-state index contributed by atoms with van der Waals surface area (Å²) in [5.41, 5.74) is 3.99. The van der Waals surface area contributed by atoms with Crippen LogP contribution in [0.15, 0.2) is 60.0 Å². The Morgan fingerprint density at radius 2 is 1.96 bits per heavy atom. The number of para-hydroxylation sites is 1. The summed E-state index contributed by atoms with van der Waals surface area (Å²) < 4.78 is 38.5. The van der Waals surface area contributed by atoms with E-state index in [0.717, 1.165) is 24.2 Å². The van der Waals surface area contributed by atoms with Gasteiger partial charge in [0.2, 0.25) is 0 Å². The van der Waals surface area contributed by atoms with Crippen LogP contribution in [0.1, 0.15) is 18.4 Å². The molecule has 3 nitrogen and oxygen atoms in total. The van der Waals surface area contributed by atoms with Crippen LogP contribution in [0.25, 0.3) is 0 Å². The second-order valence-corrected chi connectivity index (χ2v) is 6.17. The number of carbonyl (C=O) groups excluding carboxylic acids is 1. The summed E-state index contributed by atoms with van der Waals surface area (Å²) in [5.74, 6) is -1.86. The number of alkyl halides is 3. The van der Waals surface area contributed by atoms with Gasteiger partial charge < -0.3 is 9.80 Å². The lowest BCUT2D eigenvalue weighted by Crippen LogP contribution is -2.38. The van der Waals surface area contributed by atoms with Crippen LogP contribution in [0.5, 0.6) is 0 Å². The van der Waals surface area contributed by atoms with Crippen molar-refractivity contribution >= 4 is 11.6 Å². The SMILES string of the molecule is C=CC1=C(N(C)C(=O)C(F)(F)F)/C(=C/N2CCc3ccccc32)CC1. The van der Waals surface area contributed by atoms with Gasteiger partial charge in [0.25, 0.3) is 0 Å². The predicted octanol–water partition coefficient (Wildman–Crippen LogP) is 4.19. The van der Waals surface area contributed by atoms with E-state index in [4.69, 9.17) is 0 Å². The van der Waals surface area contributed by atoms with Crippen LogP contribution in [0.4, 0.5) is 18.9 Å². The third-order valence-electron chi connectivity index (χ3n) is 4.64. The molecule has 2 aliphatic rings. The molecule has 0 bridgehead atoms. The van der Waals surface area contributed by atoms with Crippen molar-refractivity contribution in [2.75, 3.05) is 18.5 Å². The second-order valence-electron chi connectivity index (χ2n) is 6.17. The van der Waals surface area contributed by atoms with E-state index in [0.29, 0.717) is 29.0 Å². The van der Waals surface area contributed by atoms with Crippen LogP contribution in [-0.2, 0) is 11.2 Å². The molecule has 1 heterocycles. The van der Waals surface area contributed by atoms with Crippen molar-refractivity contribution in [1.29, 1.82) is 0 Å². The highest BCUT2D eigenvalue weighted by Crippen LogP contribution is 2.37. The highest BCUT2D eigenvalue weighted by atomic mass is 19.4. The number of fused-ring (bicyclic) bond motifs is 1. The van der Waals surface area contributed by atoms with Gasteiger partial charge in [-0.1, -0.05) is 30.9 Å². The zero-order chi connectivity index (χ0) is 18.2. The molecule has 0 N–H and O–H groups in total. The smallest absolute Gasteiger partial charge is 0.347 e. The summed E-state index contributed by atoms with van der Waals surface area (Å²) in [6.45, 7) is 4.46. The van der Waals surface area contributed by atoms with Crippen LogP contribution in [-0.4, -0.2) is 30.6 Å². The molecule has 1 aliphatic heterocycles. The average molecular weight is 348 g/mol. The Hall–Kier alpha value is -2.50. The number of anilines is 1. The lowest BCUT2D eigenvalue weighted by Gasteiger charge is -2.24. The summed E-state index contributed by atoms with van der Waals surface area (Å²) in [5, 5.41) is 0. The first kappa shape index (κ1) is 17.3. The van der Waals surface area contributed by atoms with E-state index in [2.05, 4.69) is 6.58 Å². The minimum atomic E-state index is -4.90. The van der Waals surface area contributed by atoms with Crippen molar-refractivity contribution in [2.24, 2.45) is 0 Å². The number of hydrogen-bond acceptors (Lipinski definition) is 2. The minimum absolute atomic E-state index is 0.321. The van der Waals surface area contributed by atoms with Gasteiger partial charge in [-0.05, 0) is 42.0 Å². The maximum absolute atomic E-state index is 12.8. The Kier molecular flexibility index (Phi) is 4.45. The zero-order valence-electron chi connectivity index (χ0n) is 13.9. The molecule has 0 fully saturated rings. The molecular formula is C19H19F3N2O. The van der Waals surface area contributed by atoms with Gasteiger partial charge in [-0.25, -0.2) is 0 Å². The fourth-order valence-electron chi connectivity index (χ4n) is 3.45. The van der Waals surface area contributed by atoms with Crippen LogP contribution in [0.2, 0.25) is 0 Å². The van der Waals surface area contributed by atoms with E-state index in [1.54, 1.807) is 0 Å². The van der Waals surface area contributed by atoms with Crippen molar-refractivity contribution in [3.05, 3.63) is 65.5 Å². The first-order chi connectivity index (χ1) is 11.8. The van der Waals surface area contributed by atoms with Crippen molar-refractivity contribution < 1.29 is 18.0 Å². The first-order valence-electron chi connectivity index (χ1n) is 8.09. The number of rotatable bonds is 3. The second kappa shape index (κ2) is 6.43. The average Bonchev–Trinajstić information content (AvgIpc) is 3.17. The number of hydrogen-bond donors (Lipinski definition) is 0. The first-order valence-corrected chi connectivity index (χ1v) is 8.09. The van der Waals surface area contributed by atoms with Crippen LogP contribution in [0.3, 0.4) is 0 Å². The molecule has 0 spiro atoms. The Morgan fingerprint density at radius 3 is 2.64 bits per heavy atom. The fourth-order valence-corrected chi connectivity index (χ4v) is 3.45. The van der Waals surface area contributed by atoms with Crippen molar-refractivity contribution in [3.8, 4) is 0 Å².